The van der Waals surface area contributed by atoms with Gasteiger partial charge in [0.2, 0.25) is 11.8 Å². The van der Waals surface area contributed by atoms with Gasteiger partial charge in [-0.15, -0.1) is 0 Å². The largest absolute Gasteiger partial charge is 0.396 e. The van der Waals surface area contributed by atoms with E-state index in [-0.39, 0.29) is 30.4 Å². The molecule has 0 saturated carbocycles. The Labute approximate surface area is 121 Å². The Balaban J connectivity index is 2.43. The highest BCUT2D eigenvalue weighted by molar-refractivity contribution is 5.85. The summed E-state index contributed by atoms with van der Waals surface area (Å²) < 4.78 is 0. The highest BCUT2D eigenvalue weighted by Crippen LogP contribution is 2.29. The van der Waals surface area contributed by atoms with Gasteiger partial charge in [-0.2, -0.15) is 0 Å². The molecule has 0 aromatic heterocycles. The van der Waals surface area contributed by atoms with Gasteiger partial charge in [-0.05, 0) is 37.5 Å². The van der Waals surface area contributed by atoms with Crippen LogP contribution in [0.2, 0.25) is 0 Å². The molecule has 1 rings (SSSR count). The zero-order valence-electron chi connectivity index (χ0n) is 12.8. The molecule has 0 aliphatic carbocycles. The quantitative estimate of drug-likeness (QED) is 0.706. The summed E-state index contributed by atoms with van der Waals surface area (Å²) in [6.45, 7) is 5.74. The zero-order valence-corrected chi connectivity index (χ0v) is 12.8. The molecule has 1 saturated heterocycles. The van der Waals surface area contributed by atoms with E-state index in [9.17, 15) is 9.59 Å². The average molecular weight is 284 g/mol. The van der Waals surface area contributed by atoms with Crippen LogP contribution in [0, 0.1) is 5.41 Å². The first-order valence-corrected chi connectivity index (χ1v) is 7.72. The van der Waals surface area contributed by atoms with Crippen LogP contribution >= 0.6 is 0 Å². The molecule has 2 amide bonds. The lowest BCUT2D eigenvalue weighted by Gasteiger charge is -2.32. The molecule has 1 fully saturated rings. The Hall–Kier alpha value is -1.10. The summed E-state index contributed by atoms with van der Waals surface area (Å²) >= 11 is 0. The zero-order chi connectivity index (χ0) is 15.0. The molecule has 5 heteroatoms. The molecular formula is C15H28N2O3. The third-order valence-corrected chi connectivity index (χ3v) is 4.56. The summed E-state index contributed by atoms with van der Waals surface area (Å²) in [5.41, 5.74) is -0.0314. The second kappa shape index (κ2) is 8.25. The van der Waals surface area contributed by atoms with Gasteiger partial charge in [0.25, 0.3) is 0 Å². The molecular weight excluding hydrogens is 256 g/mol. The molecule has 0 atom stereocenters. The molecule has 1 aliphatic heterocycles. The lowest BCUT2D eigenvalue weighted by atomic mass is 9.79. The van der Waals surface area contributed by atoms with Crippen molar-refractivity contribution in [3.8, 4) is 0 Å². The summed E-state index contributed by atoms with van der Waals surface area (Å²) in [4.78, 5) is 25.3. The fourth-order valence-electron chi connectivity index (χ4n) is 2.72. The topological polar surface area (TPSA) is 69.6 Å². The van der Waals surface area contributed by atoms with Crippen LogP contribution in [0.4, 0.5) is 0 Å². The summed E-state index contributed by atoms with van der Waals surface area (Å²) in [6.07, 6.45) is 5.02. The summed E-state index contributed by atoms with van der Waals surface area (Å²) in [5, 5.41) is 12.1. The molecule has 5 nitrogen and oxygen atoms in total. The number of carbonyl (C=O) groups is 2. The van der Waals surface area contributed by atoms with E-state index in [4.69, 9.17) is 5.11 Å². The van der Waals surface area contributed by atoms with Crippen molar-refractivity contribution in [2.75, 3.05) is 26.2 Å². The van der Waals surface area contributed by atoms with Crippen LogP contribution in [0.15, 0.2) is 0 Å². The number of nitrogens with one attached hydrogen (secondary N) is 1. The maximum absolute atomic E-state index is 12.0. The van der Waals surface area contributed by atoms with Crippen molar-refractivity contribution < 1.29 is 14.7 Å². The monoisotopic (exact) mass is 284 g/mol. The smallest absolute Gasteiger partial charge is 0.239 e. The van der Waals surface area contributed by atoms with Gasteiger partial charge in [-0.1, -0.05) is 13.8 Å². The van der Waals surface area contributed by atoms with Gasteiger partial charge in [0.05, 0.1) is 6.54 Å². The van der Waals surface area contributed by atoms with Crippen LogP contribution in [0.3, 0.4) is 0 Å². The molecule has 0 aromatic carbocycles. The van der Waals surface area contributed by atoms with Crippen molar-refractivity contribution in [3.63, 3.8) is 0 Å². The molecule has 2 N–H and O–H groups in total. The highest BCUT2D eigenvalue weighted by Gasteiger charge is 2.27. The van der Waals surface area contributed by atoms with E-state index in [2.05, 4.69) is 19.2 Å². The lowest BCUT2D eigenvalue weighted by molar-refractivity contribution is -0.138. The summed E-state index contributed by atoms with van der Waals surface area (Å²) in [5.74, 6) is -0.0107. The van der Waals surface area contributed by atoms with Gasteiger partial charge in [0.1, 0.15) is 0 Å². The van der Waals surface area contributed by atoms with Crippen molar-refractivity contribution in [3.05, 3.63) is 0 Å². The Morgan fingerprint density at radius 3 is 2.60 bits per heavy atom. The van der Waals surface area contributed by atoms with E-state index >= 15 is 0 Å². The van der Waals surface area contributed by atoms with Crippen molar-refractivity contribution in [2.45, 2.75) is 52.4 Å². The predicted molar refractivity (Wildman–Crippen MR) is 78.2 cm³/mol. The van der Waals surface area contributed by atoms with Gasteiger partial charge in [0, 0.05) is 26.1 Å². The van der Waals surface area contributed by atoms with Crippen LogP contribution in [0.25, 0.3) is 0 Å². The molecule has 0 bridgehead atoms. The van der Waals surface area contributed by atoms with Gasteiger partial charge in [-0.25, -0.2) is 0 Å². The number of likely N-dealkylation sites (tertiary alicyclic amines) is 1. The number of nitrogens with zero attached hydrogens (tertiary/aromatic N) is 1. The maximum atomic E-state index is 12.0. The second-order valence-corrected chi connectivity index (χ2v) is 5.73. The van der Waals surface area contributed by atoms with Gasteiger partial charge < -0.3 is 15.3 Å². The first kappa shape index (κ1) is 17.0. The van der Waals surface area contributed by atoms with Crippen molar-refractivity contribution in [1.82, 2.24) is 10.2 Å². The van der Waals surface area contributed by atoms with E-state index < -0.39 is 0 Å². The minimum atomic E-state index is -0.0931. The summed E-state index contributed by atoms with van der Waals surface area (Å²) in [6, 6.07) is 0. The average Bonchev–Trinajstić information content (AvgIpc) is 2.46. The fourth-order valence-corrected chi connectivity index (χ4v) is 2.72. The third kappa shape index (κ3) is 4.78. The number of rotatable bonds is 8. The Kier molecular flexibility index (Phi) is 6.99. The lowest BCUT2D eigenvalue weighted by Crippen LogP contribution is -2.45. The normalized spacial score (nSPS) is 16.4. The fraction of sp³-hybridized carbons (Fsp3) is 0.867. The van der Waals surface area contributed by atoms with Gasteiger partial charge >= 0.3 is 0 Å². The Bertz CT molecular complexity index is 327. The highest BCUT2D eigenvalue weighted by atomic mass is 16.3. The first-order chi connectivity index (χ1) is 9.56. The second-order valence-electron chi connectivity index (χ2n) is 5.73. The number of hydrogen-bond acceptors (Lipinski definition) is 3. The molecule has 1 heterocycles. The molecule has 0 unspecified atom stereocenters. The van der Waals surface area contributed by atoms with Crippen LogP contribution < -0.4 is 5.32 Å². The van der Waals surface area contributed by atoms with Gasteiger partial charge in [-0.3, -0.25) is 9.59 Å². The molecule has 0 radical (unpaired) electrons. The number of aliphatic hydroxyl groups excluding tert-OH is 1. The number of hydrogen-bond donors (Lipinski definition) is 2. The molecule has 116 valence electrons. The van der Waals surface area contributed by atoms with E-state index in [0.29, 0.717) is 25.9 Å². The maximum Gasteiger partial charge on any atom is 0.239 e. The van der Waals surface area contributed by atoms with Crippen molar-refractivity contribution in [2.24, 2.45) is 5.41 Å². The van der Waals surface area contributed by atoms with Crippen molar-refractivity contribution in [1.29, 1.82) is 0 Å². The molecule has 20 heavy (non-hydrogen) atoms. The minimum absolute atomic E-state index is 0.0314. The standard InChI is InChI=1S/C15H28N2O3/c1-3-15(4-2,8-10-18)12-16-13(19)11-17-9-6-5-7-14(17)20/h18H,3-12H2,1-2H3,(H,16,19). The molecule has 0 spiro atoms. The Morgan fingerprint density at radius 1 is 1.35 bits per heavy atom. The van der Waals surface area contributed by atoms with Crippen LogP contribution in [0.5, 0.6) is 0 Å². The molecule has 1 aliphatic rings. The number of carbonyl (C=O) groups excluding carboxylic acids is 2. The molecule has 0 aromatic rings. The predicted octanol–water partition coefficient (Wildman–Crippen LogP) is 1.30. The van der Waals surface area contributed by atoms with Crippen LogP contribution in [-0.2, 0) is 9.59 Å². The SMILES string of the molecule is CCC(CC)(CCO)CNC(=O)CN1CCCCC1=O. The van der Waals surface area contributed by atoms with Crippen LogP contribution in [-0.4, -0.2) is 48.1 Å². The number of aliphatic hydroxyl groups is 1. The van der Waals surface area contributed by atoms with Gasteiger partial charge in [0.15, 0.2) is 0 Å². The van der Waals surface area contributed by atoms with E-state index in [0.717, 1.165) is 25.7 Å². The van der Waals surface area contributed by atoms with E-state index in [1.807, 2.05) is 0 Å². The van der Waals surface area contributed by atoms with Crippen molar-refractivity contribution >= 4 is 11.8 Å². The van der Waals surface area contributed by atoms with Crippen LogP contribution in [0.1, 0.15) is 52.4 Å². The van der Waals surface area contributed by atoms with E-state index in [1.165, 1.54) is 0 Å². The third-order valence-electron chi connectivity index (χ3n) is 4.56. The summed E-state index contributed by atoms with van der Waals surface area (Å²) in [7, 11) is 0. The minimum Gasteiger partial charge on any atom is -0.396 e. The Morgan fingerprint density at radius 2 is 2.05 bits per heavy atom. The first-order valence-electron chi connectivity index (χ1n) is 7.72. The number of amides is 2. The van der Waals surface area contributed by atoms with E-state index in [1.54, 1.807) is 4.90 Å². The number of piperidine rings is 1.